The summed E-state index contributed by atoms with van der Waals surface area (Å²) in [6.07, 6.45) is 3.54. The molecule has 0 fully saturated rings. The van der Waals surface area contributed by atoms with Gasteiger partial charge in [0, 0.05) is 25.3 Å². The number of nitrogens with zero attached hydrogens (tertiary/aromatic N) is 1. The molecule has 0 saturated carbocycles. The van der Waals surface area contributed by atoms with E-state index in [1.54, 1.807) is 6.08 Å². The summed E-state index contributed by atoms with van der Waals surface area (Å²) in [4.78, 5) is 14.5. The molecular weight excluding hydrogens is 270 g/mol. The highest BCUT2D eigenvalue weighted by Crippen LogP contribution is 2.18. The highest BCUT2D eigenvalue weighted by molar-refractivity contribution is 6.08. The Morgan fingerprint density at radius 2 is 1.50 bits per heavy atom. The van der Waals surface area contributed by atoms with E-state index in [0.717, 1.165) is 27.9 Å². The lowest BCUT2D eigenvalue weighted by atomic mass is 9.96. The first-order chi connectivity index (χ1) is 10.4. The Labute approximate surface area is 133 Å². The third-order valence-electron chi connectivity index (χ3n) is 3.76. The Morgan fingerprint density at radius 1 is 0.955 bits per heavy atom. The van der Waals surface area contributed by atoms with Gasteiger partial charge >= 0.3 is 0 Å². The van der Waals surface area contributed by atoms with Crippen LogP contribution in [0.15, 0.2) is 42.5 Å². The van der Waals surface area contributed by atoms with Crippen molar-refractivity contribution in [3.8, 4) is 0 Å². The topological polar surface area (TPSA) is 20.3 Å². The third-order valence-corrected chi connectivity index (χ3v) is 3.76. The molecule has 0 radical (unpaired) electrons. The molecule has 0 aliphatic carbocycles. The molecule has 0 spiro atoms. The van der Waals surface area contributed by atoms with Crippen molar-refractivity contribution in [1.82, 2.24) is 0 Å². The number of benzene rings is 2. The fraction of sp³-hybridized carbons (Fsp3) is 0.250. The fourth-order valence-electron chi connectivity index (χ4n) is 2.71. The third kappa shape index (κ3) is 3.64. The molecular formula is C20H23NO. The van der Waals surface area contributed by atoms with E-state index in [1.807, 2.05) is 58.3 Å². The number of hydrogen-bond acceptors (Lipinski definition) is 2. The second kappa shape index (κ2) is 6.61. The maximum atomic E-state index is 12.5. The summed E-state index contributed by atoms with van der Waals surface area (Å²) < 4.78 is 0. The van der Waals surface area contributed by atoms with Crippen molar-refractivity contribution in [1.29, 1.82) is 0 Å². The minimum atomic E-state index is 0.0617. The van der Waals surface area contributed by atoms with Crippen LogP contribution >= 0.6 is 0 Å². The quantitative estimate of drug-likeness (QED) is 0.608. The van der Waals surface area contributed by atoms with Crippen molar-refractivity contribution in [2.75, 3.05) is 19.0 Å². The molecule has 114 valence electrons. The number of hydrogen-bond donors (Lipinski definition) is 0. The zero-order valence-corrected chi connectivity index (χ0v) is 14.0. The van der Waals surface area contributed by atoms with Gasteiger partial charge in [-0.1, -0.05) is 35.9 Å². The number of rotatable bonds is 4. The maximum absolute atomic E-state index is 12.5. The van der Waals surface area contributed by atoms with E-state index < -0.39 is 0 Å². The normalized spacial score (nSPS) is 11.0. The summed E-state index contributed by atoms with van der Waals surface area (Å²) in [5.74, 6) is 0.0617. The lowest BCUT2D eigenvalue weighted by Crippen LogP contribution is -2.07. The molecule has 0 saturated heterocycles. The zero-order chi connectivity index (χ0) is 16.3. The molecule has 2 heteroatoms. The average Bonchev–Trinajstić information content (AvgIpc) is 2.44. The van der Waals surface area contributed by atoms with E-state index in [-0.39, 0.29) is 5.78 Å². The average molecular weight is 293 g/mol. The van der Waals surface area contributed by atoms with Crippen molar-refractivity contribution in [3.05, 3.63) is 70.3 Å². The fourth-order valence-corrected chi connectivity index (χ4v) is 2.71. The van der Waals surface area contributed by atoms with Gasteiger partial charge in [0.15, 0.2) is 5.78 Å². The summed E-state index contributed by atoms with van der Waals surface area (Å²) in [7, 11) is 4.02. The Morgan fingerprint density at radius 3 is 2.00 bits per heavy atom. The molecule has 0 unspecified atom stereocenters. The summed E-state index contributed by atoms with van der Waals surface area (Å²) in [6.45, 7) is 6.04. The standard InChI is InChI=1S/C20H23NO/c1-14-12-15(2)20(16(3)13-14)19(22)11-8-17-6-9-18(10-7-17)21(4)5/h6-13H,1-5H3. The molecule has 0 aliphatic rings. The van der Waals surface area contributed by atoms with Gasteiger partial charge in [-0.25, -0.2) is 0 Å². The highest BCUT2D eigenvalue weighted by Gasteiger charge is 2.09. The van der Waals surface area contributed by atoms with Gasteiger partial charge in [-0.2, -0.15) is 0 Å². The van der Waals surface area contributed by atoms with Crippen molar-refractivity contribution in [3.63, 3.8) is 0 Å². The lowest BCUT2D eigenvalue weighted by molar-refractivity contribution is 0.104. The van der Waals surface area contributed by atoms with E-state index >= 15 is 0 Å². The van der Waals surface area contributed by atoms with Crippen LogP contribution in [0.3, 0.4) is 0 Å². The molecule has 0 bridgehead atoms. The van der Waals surface area contributed by atoms with Gasteiger partial charge in [0.1, 0.15) is 0 Å². The number of carbonyl (C=O) groups excluding carboxylic acids is 1. The summed E-state index contributed by atoms with van der Waals surface area (Å²) in [6, 6.07) is 12.3. The largest absolute Gasteiger partial charge is 0.378 e. The van der Waals surface area contributed by atoms with E-state index in [9.17, 15) is 4.79 Å². The van der Waals surface area contributed by atoms with Crippen LogP contribution in [0.1, 0.15) is 32.6 Å². The number of anilines is 1. The van der Waals surface area contributed by atoms with E-state index in [1.165, 1.54) is 5.56 Å². The first-order valence-corrected chi connectivity index (χ1v) is 7.46. The van der Waals surface area contributed by atoms with Gasteiger partial charge in [0.05, 0.1) is 0 Å². The van der Waals surface area contributed by atoms with Gasteiger partial charge in [0.25, 0.3) is 0 Å². The van der Waals surface area contributed by atoms with Gasteiger partial charge in [-0.3, -0.25) is 4.79 Å². The maximum Gasteiger partial charge on any atom is 0.186 e. The van der Waals surface area contributed by atoms with Crippen molar-refractivity contribution < 1.29 is 4.79 Å². The van der Waals surface area contributed by atoms with E-state index in [0.29, 0.717) is 0 Å². The summed E-state index contributed by atoms with van der Waals surface area (Å²) in [5, 5.41) is 0. The Kier molecular flexibility index (Phi) is 4.81. The molecule has 2 aromatic rings. The molecule has 0 aliphatic heterocycles. The first kappa shape index (κ1) is 16.0. The van der Waals surface area contributed by atoms with Gasteiger partial charge in [-0.05, 0) is 55.7 Å². The summed E-state index contributed by atoms with van der Waals surface area (Å²) in [5.41, 5.74) is 6.25. The van der Waals surface area contributed by atoms with Crippen LogP contribution in [0.25, 0.3) is 6.08 Å². The van der Waals surface area contributed by atoms with Crippen molar-refractivity contribution >= 4 is 17.5 Å². The highest BCUT2D eigenvalue weighted by atomic mass is 16.1. The number of ketones is 1. The second-order valence-corrected chi connectivity index (χ2v) is 5.96. The van der Waals surface area contributed by atoms with Gasteiger partial charge in [0.2, 0.25) is 0 Å². The van der Waals surface area contributed by atoms with E-state index in [2.05, 4.69) is 24.0 Å². The molecule has 0 heterocycles. The van der Waals surface area contributed by atoms with Crippen LogP contribution in [0.2, 0.25) is 0 Å². The minimum Gasteiger partial charge on any atom is -0.378 e. The Bertz CT molecular complexity index is 686. The molecule has 0 N–H and O–H groups in total. The molecule has 0 aromatic heterocycles. The van der Waals surface area contributed by atoms with Crippen LogP contribution in [-0.2, 0) is 0 Å². The predicted molar refractivity (Wildman–Crippen MR) is 94.8 cm³/mol. The number of carbonyl (C=O) groups is 1. The van der Waals surface area contributed by atoms with Gasteiger partial charge in [-0.15, -0.1) is 0 Å². The Balaban J connectivity index is 2.21. The van der Waals surface area contributed by atoms with Gasteiger partial charge < -0.3 is 4.90 Å². The first-order valence-electron chi connectivity index (χ1n) is 7.46. The minimum absolute atomic E-state index is 0.0617. The molecule has 0 atom stereocenters. The molecule has 2 rings (SSSR count). The SMILES string of the molecule is Cc1cc(C)c(C(=O)C=Cc2ccc(N(C)C)cc2)c(C)c1. The van der Waals surface area contributed by atoms with Crippen LogP contribution in [0.4, 0.5) is 5.69 Å². The molecule has 22 heavy (non-hydrogen) atoms. The zero-order valence-electron chi connectivity index (χ0n) is 14.0. The van der Waals surface area contributed by atoms with E-state index in [4.69, 9.17) is 0 Å². The number of aryl methyl sites for hydroxylation is 3. The smallest absolute Gasteiger partial charge is 0.186 e. The van der Waals surface area contributed by atoms with Crippen molar-refractivity contribution in [2.45, 2.75) is 20.8 Å². The second-order valence-electron chi connectivity index (χ2n) is 5.96. The van der Waals surface area contributed by atoms with Crippen LogP contribution in [0, 0.1) is 20.8 Å². The number of allylic oxidation sites excluding steroid dienone is 1. The lowest BCUT2D eigenvalue weighted by Gasteiger charge is -2.11. The summed E-state index contributed by atoms with van der Waals surface area (Å²) >= 11 is 0. The Hall–Kier alpha value is -2.35. The monoisotopic (exact) mass is 293 g/mol. The van der Waals surface area contributed by atoms with Crippen LogP contribution in [-0.4, -0.2) is 19.9 Å². The molecule has 2 aromatic carbocycles. The van der Waals surface area contributed by atoms with Crippen LogP contribution in [0.5, 0.6) is 0 Å². The van der Waals surface area contributed by atoms with Crippen LogP contribution < -0.4 is 4.90 Å². The van der Waals surface area contributed by atoms with Crippen molar-refractivity contribution in [2.24, 2.45) is 0 Å². The molecule has 0 amide bonds. The predicted octanol–water partition coefficient (Wildman–Crippen LogP) is 4.57. The molecule has 2 nitrogen and oxygen atoms in total.